The number of likely N-dealkylation sites (tertiary alicyclic amines) is 1. The Morgan fingerprint density at radius 2 is 1.95 bits per heavy atom. The maximum Gasteiger partial charge on any atom is 0.329 e. The van der Waals surface area contributed by atoms with E-state index in [0.717, 1.165) is 19.3 Å². The molecule has 0 radical (unpaired) electrons. The van der Waals surface area contributed by atoms with Gasteiger partial charge in [-0.3, -0.25) is 0 Å². The number of carboxylic acid groups (broad SMARTS) is 1. The fourth-order valence-corrected chi connectivity index (χ4v) is 2.52. The fourth-order valence-electron chi connectivity index (χ4n) is 2.52. The molecule has 0 bridgehead atoms. The quantitative estimate of drug-likeness (QED) is 0.701. The lowest BCUT2D eigenvalue weighted by Gasteiger charge is -2.38. The summed E-state index contributed by atoms with van der Waals surface area (Å²) < 4.78 is 0. The van der Waals surface area contributed by atoms with Crippen LogP contribution in [0.4, 0.5) is 4.79 Å². The first-order valence-corrected chi connectivity index (χ1v) is 6.93. The van der Waals surface area contributed by atoms with Crippen LogP contribution in [0.15, 0.2) is 0 Å². The van der Waals surface area contributed by atoms with Gasteiger partial charge in [0.2, 0.25) is 0 Å². The molecule has 0 saturated carbocycles. The van der Waals surface area contributed by atoms with E-state index in [-0.39, 0.29) is 18.7 Å². The maximum absolute atomic E-state index is 12.2. The van der Waals surface area contributed by atoms with Gasteiger partial charge in [-0.2, -0.15) is 0 Å². The molecule has 19 heavy (non-hydrogen) atoms. The summed E-state index contributed by atoms with van der Waals surface area (Å²) in [6.45, 7) is 3.99. The van der Waals surface area contributed by atoms with E-state index >= 15 is 0 Å². The van der Waals surface area contributed by atoms with Crippen molar-refractivity contribution in [3.8, 4) is 0 Å². The number of nitrogens with zero attached hydrogens (tertiary/aromatic N) is 1. The van der Waals surface area contributed by atoms with Crippen molar-refractivity contribution in [2.75, 3.05) is 13.2 Å². The number of nitrogens with one attached hydrogen (secondary N) is 1. The first-order chi connectivity index (χ1) is 9.00. The zero-order valence-corrected chi connectivity index (χ0v) is 11.7. The molecule has 1 saturated heterocycles. The van der Waals surface area contributed by atoms with E-state index in [2.05, 4.69) is 5.32 Å². The van der Waals surface area contributed by atoms with Crippen molar-refractivity contribution in [3.05, 3.63) is 0 Å². The Bertz CT molecular complexity index is 329. The number of carbonyl (C=O) groups is 2. The van der Waals surface area contributed by atoms with Crippen LogP contribution in [0.3, 0.4) is 0 Å². The van der Waals surface area contributed by atoms with E-state index in [0.29, 0.717) is 19.4 Å². The molecule has 0 aromatic heterocycles. The van der Waals surface area contributed by atoms with E-state index in [1.54, 1.807) is 18.7 Å². The summed E-state index contributed by atoms with van der Waals surface area (Å²) >= 11 is 0. The van der Waals surface area contributed by atoms with E-state index in [9.17, 15) is 19.8 Å². The Kier molecular flexibility index (Phi) is 5.60. The van der Waals surface area contributed by atoms with Crippen molar-refractivity contribution in [2.24, 2.45) is 0 Å². The number of amides is 2. The van der Waals surface area contributed by atoms with Crippen LogP contribution in [0, 0.1) is 0 Å². The van der Waals surface area contributed by atoms with Crippen LogP contribution in [0.1, 0.15) is 46.0 Å². The van der Waals surface area contributed by atoms with Crippen molar-refractivity contribution >= 4 is 12.0 Å². The van der Waals surface area contributed by atoms with Crippen LogP contribution >= 0.6 is 0 Å². The third-order valence-electron chi connectivity index (χ3n) is 4.06. The first-order valence-electron chi connectivity index (χ1n) is 6.93. The van der Waals surface area contributed by atoms with Crippen LogP contribution < -0.4 is 5.32 Å². The average Bonchev–Trinajstić information content (AvgIpc) is 2.44. The number of carboxylic acids is 1. The first kappa shape index (κ1) is 15.8. The summed E-state index contributed by atoms with van der Waals surface area (Å²) in [5, 5.41) is 21.2. The molecule has 3 N–H and O–H groups in total. The van der Waals surface area contributed by atoms with Crippen LogP contribution in [-0.4, -0.2) is 51.8 Å². The van der Waals surface area contributed by atoms with Crippen LogP contribution in [0.2, 0.25) is 0 Å². The summed E-state index contributed by atoms with van der Waals surface area (Å²) in [6, 6.07) is -0.584. The second-order valence-electron chi connectivity index (χ2n) is 5.05. The standard InChI is InChI=1S/C13H24N2O4/c1-3-13(4-2,11(17)18)14-12(19)15-8-6-5-7-10(15)9-16/h10,16H,3-9H2,1-2H3,(H,14,19)(H,17,18). The highest BCUT2D eigenvalue weighted by molar-refractivity contribution is 5.86. The number of aliphatic carboxylic acids is 1. The minimum atomic E-state index is -1.21. The van der Waals surface area contributed by atoms with Gasteiger partial charge in [-0.05, 0) is 32.1 Å². The highest BCUT2D eigenvalue weighted by Gasteiger charge is 2.38. The Labute approximate surface area is 113 Å². The molecule has 0 aromatic carbocycles. The Morgan fingerprint density at radius 3 is 2.42 bits per heavy atom. The maximum atomic E-state index is 12.2. The molecule has 1 rings (SSSR count). The van der Waals surface area contributed by atoms with E-state index in [4.69, 9.17) is 0 Å². The molecule has 1 unspecified atom stereocenters. The Morgan fingerprint density at radius 1 is 1.32 bits per heavy atom. The lowest BCUT2D eigenvalue weighted by atomic mass is 9.93. The molecule has 1 heterocycles. The number of piperidine rings is 1. The van der Waals surface area contributed by atoms with Crippen molar-refractivity contribution in [1.29, 1.82) is 0 Å². The molecule has 0 aliphatic carbocycles. The molecule has 6 heteroatoms. The van der Waals surface area contributed by atoms with Crippen molar-refractivity contribution in [1.82, 2.24) is 10.2 Å². The minimum absolute atomic E-state index is 0.0776. The van der Waals surface area contributed by atoms with Gasteiger partial charge < -0.3 is 20.4 Å². The lowest BCUT2D eigenvalue weighted by Crippen LogP contribution is -2.60. The normalized spacial score (nSPS) is 20.2. The molecule has 1 atom stereocenters. The highest BCUT2D eigenvalue weighted by atomic mass is 16.4. The van der Waals surface area contributed by atoms with E-state index < -0.39 is 11.5 Å². The number of aliphatic hydroxyl groups excluding tert-OH is 1. The van der Waals surface area contributed by atoms with Crippen molar-refractivity contribution in [2.45, 2.75) is 57.5 Å². The second kappa shape index (κ2) is 6.75. The van der Waals surface area contributed by atoms with Gasteiger partial charge >= 0.3 is 12.0 Å². The van der Waals surface area contributed by atoms with E-state index in [1.165, 1.54) is 0 Å². The minimum Gasteiger partial charge on any atom is -0.480 e. The van der Waals surface area contributed by atoms with E-state index in [1.807, 2.05) is 0 Å². The highest BCUT2D eigenvalue weighted by Crippen LogP contribution is 2.20. The number of rotatable bonds is 5. The molecule has 0 spiro atoms. The predicted molar refractivity (Wildman–Crippen MR) is 70.9 cm³/mol. The van der Waals surface area contributed by atoms with Gasteiger partial charge in [-0.25, -0.2) is 9.59 Å². The van der Waals surface area contributed by atoms with Gasteiger partial charge in [0.1, 0.15) is 5.54 Å². The molecular weight excluding hydrogens is 248 g/mol. The summed E-state index contributed by atoms with van der Waals surface area (Å²) in [5.41, 5.74) is -1.21. The SMILES string of the molecule is CCC(CC)(NC(=O)N1CCCCC1CO)C(=O)O. The Balaban J connectivity index is 2.78. The summed E-state index contributed by atoms with van der Waals surface area (Å²) in [4.78, 5) is 25.2. The Hall–Kier alpha value is -1.30. The second-order valence-corrected chi connectivity index (χ2v) is 5.05. The molecule has 0 aromatic rings. The van der Waals surface area contributed by atoms with Gasteiger partial charge in [0.05, 0.1) is 12.6 Å². The van der Waals surface area contributed by atoms with Gasteiger partial charge in [-0.15, -0.1) is 0 Å². The van der Waals surface area contributed by atoms with Gasteiger partial charge in [0.15, 0.2) is 0 Å². The summed E-state index contributed by atoms with van der Waals surface area (Å²) in [7, 11) is 0. The predicted octanol–water partition coefficient (Wildman–Crippen LogP) is 1.19. The monoisotopic (exact) mass is 272 g/mol. The van der Waals surface area contributed by atoms with Crippen molar-refractivity contribution in [3.63, 3.8) is 0 Å². The molecular formula is C13H24N2O4. The number of urea groups is 1. The molecule has 1 aliphatic rings. The van der Waals surface area contributed by atoms with Gasteiger partial charge in [0, 0.05) is 6.54 Å². The van der Waals surface area contributed by atoms with Gasteiger partial charge in [-0.1, -0.05) is 13.8 Å². The molecule has 1 aliphatic heterocycles. The largest absolute Gasteiger partial charge is 0.480 e. The van der Waals surface area contributed by atoms with Crippen LogP contribution in [0.5, 0.6) is 0 Å². The van der Waals surface area contributed by atoms with Crippen LogP contribution in [-0.2, 0) is 4.79 Å². The zero-order chi connectivity index (χ0) is 14.5. The molecule has 110 valence electrons. The third kappa shape index (κ3) is 3.37. The summed E-state index contributed by atoms with van der Waals surface area (Å²) in [5.74, 6) is -1.01. The topological polar surface area (TPSA) is 89.9 Å². The number of aliphatic hydroxyl groups is 1. The zero-order valence-electron chi connectivity index (χ0n) is 11.7. The number of hydrogen-bond acceptors (Lipinski definition) is 3. The molecule has 2 amide bonds. The smallest absolute Gasteiger partial charge is 0.329 e. The van der Waals surface area contributed by atoms with Crippen molar-refractivity contribution < 1.29 is 19.8 Å². The number of carbonyl (C=O) groups excluding carboxylic acids is 1. The molecule has 6 nitrogen and oxygen atoms in total. The molecule has 1 fully saturated rings. The average molecular weight is 272 g/mol. The van der Waals surface area contributed by atoms with Gasteiger partial charge in [0.25, 0.3) is 0 Å². The fraction of sp³-hybridized carbons (Fsp3) is 0.846. The third-order valence-corrected chi connectivity index (χ3v) is 4.06. The summed E-state index contributed by atoms with van der Waals surface area (Å²) in [6.07, 6.45) is 3.32. The van der Waals surface area contributed by atoms with Crippen LogP contribution in [0.25, 0.3) is 0 Å². The number of hydrogen-bond donors (Lipinski definition) is 3. The lowest BCUT2D eigenvalue weighted by molar-refractivity contribution is -0.144.